The van der Waals surface area contributed by atoms with E-state index in [1.54, 1.807) is 0 Å². The molecular formula is C21H31FN2O. The highest BCUT2D eigenvalue weighted by Crippen LogP contribution is 2.88. The van der Waals surface area contributed by atoms with E-state index in [4.69, 9.17) is 0 Å². The van der Waals surface area contributed by atoms with Crippen molar-refractivity contribution in [3.05, 3.63) is 0 Å². The number of fused-ring (bicyclic) bond motifs is 5. The Balaban J connectivity index is 1.29. The molecule has 4 heteroatoms. The van der Waals surface area contributed by atoms with Crippen molar-refractivity contribution in [2.75, 3.05) is 26.3 Å². The fraction of sp³-hybridized carbons (Fsp3) is 0.952. The number of alkyl halides is 1. The van der Waals surface area contributed by atoms with Gasteiger partial charge in [0.25, 0.3) is 0 Å². The van der Waals surface area contributed by atoms with Crippen molar-refractivity contribution in [2.45, 2.75) is 64.3 Å². The number of piperidine rings is 3. The summed E-state index contributed by atoms with van der Waals surface area (Å²) in [5, 5.41) is 3.49. The number of halogens is 1. The Labute approximate surface area is 150 Å². The fourth-order valence-corrected chi connectivity index (χ4v) is 9.31. The van der Waals surface area contributed by atoms with E-state index < -0.39 is 0 Å². The van der Waals surface area contributed by atoms with Crippen molar-refractivity contribution in [2.24, 2.45) is 33.5 Å². The molecule has 0 aromatic rings. The minimum Gasteiger partial charge on any atom is -0.351 e. The summed E-state index contributed by atoms with van der Waals surface area (Å²) in [5.41, 5.74) is 0.0384. The second-order valence-corrected chi connectivity index (χ2v) is 11.1. The van der Waals surface area contributed by atoms with E-state index in [0.717, 1.165) is 32.2 Å². The molecule has 138 valence electrons. The number of rotatable bonds is 3. The third-order valence-electron chi connectivity index (χ3n) is 9.98. The second-order valence-electron chi connectivity index (χ2n) is 11.1. The zero-order valence-corrected chi connectivity index (χ0v) is 15.5. The summed E-state index contributed by atoms with van der Waals surface area (Å²) in [6.45, 7) is 5.64. The van der Waals surface area contributed by atoms with Crippen molar-refractivity contribution in [1.29, 1.82) is 0 Å². The molecule has 3 heterocycles. The number of hydrogen-bond donors (Lipinski definition) is 1. The van der Waals surface area contributed by atoms with Gasteiger partial charge in [-0.3, -0.25) is 9.18 Å². The van der Waals surface area contributed by atoms with Gasteiger partial charge in [0.1, 0.15) is 0 Å². The number of hydrogen-bond acceptors (Lipinski definition) is 2. The van der Waals surface area contributed by atoms with Gasteiger partial charge in [-0.05, 0) is 87.1 Å². The van der Waals surface area contributed by atoms with Crippen molar-refractivity contribution in [3.8, 4) is 0 Å². The lowest BCUT2D eigenvalue weighted by atomic mass is 9.40. The molecule has 5 bridgehead atoms. The molecule has 0 aromatic heterocycles. The minimum atomic E-state index is -0.255. The predicted molar refractivity (Wildman–Crippen MR) is 93.7 cm³/mol. The van der Waals surface area contributed by atoms with E-state index in [1.165, 1.54) is 38.8 Å². The zero-order chi connectivity index (χ0) is 17.1. The minimum absolute atomic E-state index is 0.143. The zero-order valence-electron chi connectivity index (χ0n) is 15.5. The third-order valence-corrected chi connectivity index (χ3v) is 9.98. The van der Waals surface area contributed by atoms with Crippen LogP contribution in [0.5, 0.6) is 0 Å². The van der Waals surface area contributed by atoms with Gasteiger partial charge in [-0.2, -0.15) is 0 Å². The van der Waals surface area contributed by atoms with Crippen LogP contribution in [0, 0.1) is 33.5 Å². The summed E-state index contributed by atoms with van der Waals surface area (Å²) in [6, 6.07) is 0.340. The van der Waals surface area contributed by atoms with E-state index in [2.05, 4.69) is 17.1 Å². The molecule has 3 unspecified atom stereocenters. The Morgan fingerprint density at radius 3 is 2.64 bits per heavy atom. The van der Waals surface area contributed by atoms with E-state index in [1.807, 2.05) is 0 Å². The molecule has 0 aromatic carbocycles. The fourth-order valence-electron chi connectivity index (χ4n) is 9.31. The summed E-state index contributed by atoms with van der Waals surface area (Å²) in [4.78, 5) is 16.0. The second kappa shape index (κ2) is 4.43. The lowest BCUT2D eigenvalue weighted by molar-refractivity contribution is -0.177. The monoisotopic (exact) mass is 346 g/mol. The van der Waals surface area contributed by atoms with Gasteiger partial charge in [0, 0.05) is 18.0 Å². The Morgan fingerprint density at radius 1 is 1.16 bits per heavy atom. The number of nitrogens with zero attached hydrogens (tertiary/aromatic N) is 1. The number of carbonyl (C=O) groups excluding carboxylic acids is 1. The average Bonchev–Trinajstić information content (AvgIpc) is 2.89. The largest absolute Gasteiger partial charge is 0.351 e. The van der Waals surface area contributed by atoms with Crippen LogP contribution < -0.4 is 5.32 Å². The smallest absolute Gasteiger partial charge is 0.226 e. The van der Waals surface area contributed by atoms with Gasteiger partial charge in [0.05, 0.1) is 12.1 Å². The van der Waals surface area contributed by atoms with Crippen molar-refractivity contribution in [1.82, 2.24) is 10.2 Å². The topological polar surface area (TPSA) is 32.3 Å². The van der Waals surface area contributed by atoms with Crippen molar-refractivity contribution < 1.29 is 9.18 Å². The number of nitrogens with one attached hydrogen (secondary N) is 1. The molecule has 3 nitrogen and oxygen atoms in total. The Kier molecular flexibility index (Phi) is 2.73. The summed E-state index contributed by atoms with van der Waals surface area (Å²) in [5.74, 6) is 1.62. The number of amides is 1. The maximum Gasteiger partial charge on any atom is 0.226 e. The summed E-state index contributed by atoms with van der Waals surface area (Å²) in [7, 11) is 0. The van der Waals surface area contributed by atoms with E-state index >= 15 is 0 Å². The Morgan fingerprint density at radius 2 is 1.96 bits per heavy atom. The molecule has 7 fully saturated rings. The van der Waals surface area contributed by atoms with Crippen LogP contribution in [-0.2, 0) is 4.79 Å². The van der Waals surface area contributed by atoms with Crippen LogP contribution in [0.3, 0.4) is 0 Å². The first-order valence-corrected chi connectivity index (χ1v) is 10.5. The van der Waals surface area contributed by atoms with Gasteiger partial charge in [0.2, 0.25) is 5.91 Å². The number of carbonyl (C=O) groups is 1. The maximum absolute atomic E-state index is 14.3. The molecular weight excluding hydrogens is 315 g/mol. The van der Waals surface area contributed by atoms with Gasteiger partial charge in [-0.25, -0.2) is 0 Å². The first-order valence-electron chi connectivity index (χ1n) is 10.5. The quantitative estimate of drug-likeness (QED) is 0.851. The van der Waals surface area contributed by atoms with Crippen LogP contribution >= 0.6 is 0 Å². The first kappa shape index (κ1) is 15.4. The molecule has 3 aliphatic heterocycles. The maximum atomic E-state index is 14.3. The van der Waals surface area contributed by atoms with Gasteiger partial charge < -0.3 is 10.2 Å². The highest BCUT2D eigenvalue weighted by molar-refractivity contribution is 5.84. The molecule has 1 N–H and O–H groups in total. The molecule has 4 saturated carbocycles. The van der Waals surface area contributed by atoms with Crippen LogP contribution in [0.25, 0.3) is 0 Å². The van der Waals surface area contributed by atoms with Crippen LogP contribution in [0.1, 0.15) is 58.3 Å². The average molecular weight is 346 g/mol. The predicted octanol–water partition coefficient (Wildman–Crippen LogP) is 3.14. The Hall–Kier alpha value is -0.640. The summed E-state index contributed by atoms with van der Waals surface area (Å²) >= 11 is 0. The standard InChI is InChI=1S/C21H31FN2O/c1-18-6-14-7-19(11-20(10-18,13-22)21(18,8-14)12-19)17(25)23-16-9-24-4-2-15(16)3-5-24/h14-16H,2-13H2,1H3,(H,23,25)/t14?,16-,18+,19?,20-,21?/m0/s1. The first-order chi connectivity index (χ1) is 11.9. The van der Waals surface area contributed by atoms with Crippen LogP contribution in [0.15, 0.2) is 0 Å². The van der Waals surface area contributed by atoms with Gasteiger partial charge in [0.15, 0.2) is 0 Å². The normalized spacial score (nSPS) is 60.4. The Bertz CT molecular complexity index is 646. The van der Waals surface area contributed by atoms with Crippen LogP contribution in [0.4, 0.5) is 4.39 Å². The molecule has 0 radical (unpaired) electrons. The molecule has 3 saturated heterocycles. The third kappa shape index (κ3) is 1.61. The van der Waals surface area contributed by atoms with Gasteiger partial charge in [-0.15, -0.1) is 0 Å². The molecule has 7 rings (SSSR count). The molecule has 4 aliphatic carbocycles. The highest BCUT2D eigenvalue weighted by Gasteiger charge is 2.83. The van der Waals surface area contributed by atoms with Gasteiger partial charge in [-0.1, -0.05) is 6.92 Å². The van der Waals surface area contributed by atoms with Crippen molar-refractivity contribution >= 4 is 5.91 Å². The highest BCUT2D eigenvalue weighted by atomic mass is 19.1. The van der Waals surface area contributed by atoms with Crippen molar-refractivity contribution in [3.63, 3.8) is 0 Å². The molecule has 1 amide bonds. The molecule has 6 atom stereocenters. The van der Waals surface area contributed by atoms with E-state index in [0.29, 0.717) is 29.2 Å². The van der Waals surface area contributed by atoms with Crippen LogP contribution in [-0.4, -0.2) is 43.2 Å². The summed E-state index contributed by atoms with van der Waals surface area (Å²) in [6.07, 6.45) is 8.76. The lowest BCUT2D eigenvalue weighted by Gasteiger charge is -2.64. The molecule has 25 heavy (non-hydrogen) atoms. The molecule has 1 spiro atoms. The molecule has 7 aliphatic rings. The van der Waals surface area contributed by atoms with Crippen LogP contribution in [0.2, 0.25) is 0 Å². The lowest BCUT2D eigenvalue weighted by Crippen LogP contribution is -2.60. The van der Waals surface area contributed by atoms with E-state index in [-0.39, 0.29) is 22.9 Å². The SMILES string of the molecule is C[C@]12CC3CC4(C(=O)N[C@H]5CN6CCC5CC6)CC1(C3)[C@](CF)(C4)C2. The van der Waals surface area contributed by atoms with Gasteiger partial charge >= 0.3 is 0 Å². The summed E-state index contributed by atoms with van der Waals surface area (Å²) < 4.78 is 14.3. The van der Waals surface area contributed by atoms with E-state index in [9.17, 15) is 9.18 Å².